The highest BCUT2D eigenvalue weighted by atomic mass is 32.1. The van der Waals surface area contributed by atoms with Crippen LogP contribution in [0, 0.1) is 5.92 Å². The van der Waals surface area contributed by atoms with Crippen molar-refractivity contribution >= 4 is 27.4 Å². The Kier molecular flexibility index (Phi) is 7.93. The molecule has 1 aromatic carbocycles. The van der Waals surface area contributed by atoms with Crippen molar-refractivity contribution in [2.24, 2.45) is 5.92 Å². The lowest BCUT2D eigenvalue weighted by molar-refractivity contribution is 0.0331. The molecule has 0 amide bonds. The van der Waals surface area contributed by atoms with Crippen LogP contribution in [-0.4, -0.2) is 54.4 Å². The molecule has 1 aliphatic heterocycles. The molecule has 3 heterocycles. The molecular formula is C28H38N4O3S. The number of ether oxygens (including phenoxy) is 3. The fourth-order valence-electron chi connectivity index (χ4n) is 5.15. The van der Waals surface area contributed by atoms with Gasteiger partial charge in [-0.3, -0.25) is 4.90 Å². The third kappa shape index (κ3) is 5.45. The van der Waals surface area contributed by atoms with Crippen LogP contribution in [0.15, 0.2) is 18.2 Å². The van der Waals surface area contributed by atoms with Crippen molar-refractivity contribution in [3.63, 3.8) is 0 Å². The van der Waals surface area contributed by atoms with Gasteiger partial charge in [0.25, 0.3) is 0 Å². The molecule has 2 aliphatic rings. The minimum atomic E-state index is 0.0484. The highest BCUT2D eigenvalue weighted by Gasteiger charge is 2.25. The summed E-state index contributed by atoms with van der Waals surface area (Å²) in [4.78, 5) is 15.2. The standard InChI is InChI=1S/C28H38N4O3S/c1-5-34-22-10-8-20(16-23(22)35-6-2)19(4)29-27-26-21-9-7-18(3)15-24(21)36-28(26)31-25(30-27)17-32-11-13-33-14-12-32/h8,10,16,18-19H,5-7,9,11-15,17H2,1-4H3,(H,29,30,31)/t18-,19-/m0/s1. The minimum absolute atomic E-state index is 0.0484. The molecule has 36 heavy (non-hydrogen) atoms. The van der Waals surface area contributed by atoms with Crippen molar-refractivity contribution in [3.05, 3.63) is 40.0 Å². The number of thiophene rings is 1. The van der Waals surface area contributed by atoms with Crippen LogP contribution >= 0.6 is 11.3 Å². The third-order valence-electron chi connectivity index (χ3n) is 7.09. The first-order valence-electron chi connectivity index (χ1n) is 13.3. The highest BCUT2D eigenvalue weighted by molar-refractivity contribution is 7.19. The summed E-state index contributed by atoms with van der Waals surface area (Å²) >= 11 is 1.86. The molecule has 0 radical (unpaired) electrons. The van der Waals surface area contributed by atoms with E-state index in [1.54, 1.807) is 0 Å². The zero-order chi connectivity index (χ0) is 25.1. The fourth-order valence-corrected chi connectivity index (χ4v) is 6.55. The van der Waals surface area contributed by atoms with Crippen LogP contribution in [0.25, 0.3) is 10.2 Å². The molecule has 1 N–H and O–H groups in total. The average Bonchev–Trinajstić information content (AvgIpc) is 3.23. The van der Waals surface area contributed by atoms with E-state index in [2.05, 4.69) is 36.2 Å². The summed E-state index contributed by atoms with van der Waals surface area (Å²) in [6.07, 6.45) is 3.46. The Morgan fingerprint density at radius 3 is 2.69 bits per heavy atom. The summed E-state index contributed by atoms with van der Waals surface area (Å²) in [5, 5.41) is 4.98. The van der Waals surface area contributed by atoms with Gasteiger partial charge in [-0.15, -0.1) is 11.3 Å². The first-order valence-corrected chi connectivity index (χ1v) is 14.1. The van der Waals surface area contributed by atoms with Crippen molar-refractivity contribution in [1.82, 2.24) is 14.9 Å². The smallest absolute Gasteiger partial charge is 0.161 e. The van der Waals surface area contributed by atoms with Gasteiger partial charge in [0.15, 0.2) is 11.5 Å². The highest BCUT2D eigenvalue weighted by Crippen LogP contribution is 2.41. The maximum Gasteiger partial charge on any atom is 0.161 e. The summed E-state index contributed by atoms with van der Waals surface area (Å²) in [7, 11) is 0. The Hall–Kier alpha value is -2.42. The van der Waals surface area contributed by atoms with E-state index in [1.165, 1.54) is 22.2 Å². The van der Waals surface area contributed by atoms with E-state index in [9.17, 15) is 0 Å². The molecule has 0 bridgehead atoms. The number of aromatic nitrogens is 2. The van der Waals surface area contributed by atoms with Crippen LogP contribution in [-0.2, 0) is 24.1 Å². The van der Waals surface area contributed by atoms with E-state index in [4.69, 9.17) is 24.2 Å². The Bertz CT molecular complexity index is 1190. The SMILES string of the molecule is CCOc1ccc([C@H](C)Nc2nc(CN3CCOCC3)nc3sc4c(c23)CC[C@H](C)C4)cc1OCC. The van der Waals surface area contributed by atoms with Gasteiger partial charge in [0, 0.05) is 18.0 Å². The molecule has 8 heteroatoms. The van der Waals surface area contributed by atoms with Crippen molar-refractivity contribution < 1.29 is 14.2 Å². The van der Waals surface area contributed by atoms with E-state index in [0.717, 1.165) is 85.1 Å². The number of nitrogens with zero attached hydrogens (tertiary/aromatic N) is 3. The van der Waals surface area contributed by atoms with E-state index >= 15 is 0 Å². The summed E-state index contributed by atoms with van der Waals surface area (Å²) in [5.74, 6) is 4.13. The lowest BCUT2D eigenvalue weighted by Gasteiger charge is -2.26. The summed E-state index contributed by atoms with van der Waals surface area (Å²) in [5.41, 5.74) is 2.59. The van der Waals surface area contributed by atoms with Gasteiger partial charge in [-0.1, -0.05) is 13.0 Å². The number of hydrogen-bond donors (Lipinski definition) is 1. The Morgan fingerprint density at radius 1 is 1.14 bits per heavy atom. The first kappa shape index (κ1) is 25.2. The topological polar surface area (TPSA) is 68.7 Å². The van der Waals surface area contributed by atoms with Crippen LogP contribution in [0.2, 0.25) is 0 Å². The van der Waals surface area contributed by atoms with Crippen LogP contribution in [0.4, 0.5) is 5.82 Å². The van der Waals surface area contributed by atoms with Crippen molar-refractivity contribution in [3.8, 4) is 11.5 Å². The van der Waals surface area contributed by atoms with E-state index < -0.39 is 0 Å². The van der Waals surface area contributed by atoms with Gasteiger partial charge in [-0.05, 0) is 69.2 Å². The largest absolute Gasteiger partial charge is 0.490 e. The number of morpholine rings is 1. The van der Waals surface area contributed by atoms with E-state index in [0.29, 0.717) is 13.2 Å². The molecule has 2 aromatic heterocycles. The predicted molar refractivity (Wildman–Crippen MR) is 146 cm³/mol. The molecular weight excluding hydrogens is 472 g/mol. The van der Waals surface area contributed by atoms with Crippen LogP contribution in [0.5, 0.6) is 11.5 Å². The van der Waals surface area contributed by atoms with Gasteiger partial charge in [0.1, 0.15) is 16.5 Å². The maximum atomic E-state index is 5.88. The van der Waals surface area contributed by atoms with Crippen LogP contribution < -0.4 is 14.8 Å². The Balaban J connectivity index is 1.49. The molecule has 1 fully saturated rings. The molecule has 2 atom stereocenters. The number of rotatable bonds is 9. The first-order chi connectivity index (χ1) is 17.6. The van der Waals surface area contributed by atoms with Gasteiger partial charge in [-0.2, -0.15) is 0 Å². The molecule has 7 nitrogen and oxygen atoms in total. The zero-order valence-corrected chi connectivity index (χ0v) is 22.7. The fraction of sp³-hybridized carbons (Fsp3) is 0.571. The lowest BCUT2D eigenvalue weighted by Crippen LogP contribution is -2.36. The minimum Gasteiger partial charge on any atom is -0.490 e. The maximum absolute atomic E-state index is 5.88. The monoisotopic (exact) mass is 510 g/mol. The van der Waals surface area contributed by atoms with Crippen molar-refractivity contribution in [2.75, 3.05) is 44.8 Å². The zero-order valence-electron chi connectivity index (χ0n) is 21.9. The molecule has 194 valence electrons. The molecule has 1 saturated heterocycles. The summed E-state index contributed by atoms with van der Waals surface area (Å²) in [6, 6.07) is 6.26. The van der Waals surface area contributed by atoms with Gasteiger partial charge >= 0.3 is 0 Å². The van der Waals surface area contributed by atoms with E-state index in [-0.39, 0.29) is 6.04 Å². The number of benzene rings is 1. The second kappa shape index (κ2) is 11.3. The average molecular weight is 511 g/mol. The molecule has 1 aliphatic carbocycles. The number of fused-ring (bicyclic) bond motifs is 3. The number of anilines is 1. The van der Waals surface area contributed by atoms with Gasteiger partial charge < -0.3 is 19.5 Å². The Morgan fingerprint density at radius 2 is 1.92 bits per heavy atom. The molecule has 0 saturated carbocycles. The van der Waals surface area contributed by atoms with Crippen LogP contribution in [0.1, 0.15) is 62.0 Å². The molecule has 3 aromatic rings. The number of nitrogens with one attached hydrogen (secondary N) is 1. The van der Waals surface area contributed by atoms with Gasteiger partial charge in [0.2, 0.25) is 0 Å². The van der Waals surface area contributed by atoms with Gasteiger partial charge in [-0.25, -0.2) is 9.97 Å². The van der Waals surface area contributed by atoms with Crippen molar-refractivity contribution in [1.29, 1.82) is 0 Å². The summed E-state index contributed by atoms with van der Waals surface area (Å²) in [6.45, 7) is 13.9. The molecule has 5 rings (SSSR count). The normalized spacial score (nSPS) is 19.2. The Labute approximate surface area is 218 Å². The van der Waals surface area contributed by atoms with Gasteiger partial charge in [0.05, 0.1) is 44.4 Å². The lowest BCUT2D eigenvalue weighted by atomic mass is 9.89. The second-order valence-electron chi connectivity index (χ2n) is 9.85. The summed E-state index contributed by atoms with van der Waals surface area (Å²) < 4.78 is 17.2. The third-order valence-corrected chi connectivity index (χ3v) is 8.24. The second-order valence-corrected chi connectivity index (χ2v) is 10.9. The molecule has 0 spiro atoms. The van der Waals surface area contributed by atoms with E-state index in [1.807, 2.05) is 31.3 Å². The van der Waals surface area contributed by atoms with Crippen molar-refractivity contribution in [2.45, 2.75) is 59.5 Å². The molecule has 0 unspecified atom stereocenters. The number of aryl methyl sites for hydroxylation is 1. The number of hydrogen-bond acceptors (Lipinski definition) is 8. The predicted octanol–water partition coefficient (Wildman–Crippen LogP) is 5.62. The van der Waals surface area contributed by atoms with Crippen LogP contribution in [0.3, 0.4) is 0 Å². The quantitative estimate of drug-likeness (QED) is 0.401.